The lowest BCUT2D eigenvalue weighted by atomic mass is 10.00. The molecule has 6 atom stereocenters. The molecule has 2 aliphatic heterocycles. The van der Waals surface area contributed by atoms with Crippen LogP contribution in [-0.4, -0.2) is 94.3 Å². The number of aromatic nitrogens is 2. The number of rotatable bonds is 13. The van der Waals surface area contributed by atoms with Crippen LogP contribution < -0.4 is 14.8 Å². The number of aromatic amines is 1. The van der Waals surface area contributed by atoms with Gasteiger partial charge in [-0.1, -0.05) is 43.2 Å². The minimum atomic E-state index is -4.32. The summed E-state index contributed by atoms with van der Waals surface area (Å²) in [5, 5.41) is 14.6. The van der Waals surface area contributed by atoms with Crippen LogP contribution in [0.3, 0.4) is 0 Å². The zero-order chi connectivity index (χ0) is 33.2. The minimum Gasteiger partial charge on any atom is -0.443 e. The van der Waals surface area contributed by atoms with Crippen molar-refractivity contribution in [2.75, 3.05) is 24.2 Å². The third-order valence-electron chi connectivity index (χ3n) is 8.53. The maximum absolute atomic E-state index is 13.8. The van der Waals surface area contributed by atoms with E-state index in [1.807, 2.05) is 30.3 Å². The minimum absolute atomic E-state index is 0.0651. The summed E-state index contributed by atoms with van der Waals surface area (Å²) in [4.78, 5) is 19.9. The summed E-state index contributed by atoms with van der Waals surface area (Å²) < 4.78 is 78.5. The monoisotopic (exact) mass is 693 g/mol. The number of imidazole rings is 1. The number of hydrogen-bond donors (Lipinski definition) is 5. The summed E-state index contributed by atoms with van der Waals surface area (Å²) in [6.45, 7) is 0.701. The highest BCUT2D eigenvalue weighted by Crippen LogP contribution is 2.33. The molecule has 0 spiro atoms. The van der Waals surface area contributed by atoms with E-state index in [4.69, 9.17) is 18.9 Å². The number of hydrogen-bond acceptors (Lipinski definition) is 11. The second kappa shape index (κ2) is 14.0. The summed E-state index contributed by atoms with van der Waals surface area (Å²) in [6, 6.07) is 12.2. The Labute approximate surface area is 272 Å². The Morgan fingerprint density at radius 3 is 2.60 bits per heavy atom. The quantitative estimate of drug-likeness (QED) is 0.164. The van der Waals surface area contributed by atoms with Crippen LogP contribution in [0.15, 0.2) is 53.4 Å². The number of anilines is 1. The van der Waals surface area contributed by atoms with Crippen molar-refractivity contribution in [3.8, 4) is 0 Å². The fraction of sp³-hybridized carbons (Fsp3) is 0.533. The van der Waals surface area contributed by atoms with Gasteiger partial charge in [-0.25, -0.2) is 26.6 Å². The van der Waals surface area contributed by atoms with Crippen LogP contribution in [0.1, 0.15) is 37.7 Å². The fourth-order valence-corrected chi connectivity index (χ4v) is 7.82. The first-order chi connectivity index (χ1) is 22.4. The highest BCUT2D eigenvalue weighted by molar-refractivity contribution is 7.92. The predicted molar refractivity (Wildman–Crippen MR) is 169 cm³/mol. The largest absolute Gasteiger partial charge is 0.443 e. The van der Waals surface area contributed by atoms with Crippen molar-refractivity contribution in [2.45, 2.75) is 80.3 Å². The zero-order valence-corrected chi connectivity index (χ0v) is 27.3. The van der Waals surface area contributed by atoms with Gasteiger partial charge in [0, 0.05) is 0 Å². The van der Waals surface area contributed by atoms with Gasteiger partial charge in [-0.2, -0.15) is 4.72 Å². The van der Waals surface area contributed by atoms with E-state index in [2.05, 4.69) is 24.7 Å². The maximum Gasteiger partial charge on any atom is 0.407 e. The Hall–Kier alpha value is -3.32. The topological polar surface area (TPSA) is 207 Å². The molecule has 1 aromatic heterocycles. The zero-order valence-electron chi connectivity index (χ0n) is 25.7. The Bertz CT molecular complexity index is 1770. The Morgan fingerprint density at radius 1 is 1.09 bits per heavy atom. The lowest BCUT2D eigenvalue weighted by Gasteiger charge is -2.33. The number of carbonyl (C=O) groups excluding carboxylic acids is 1. The highest BCUT2D eigenvalue weighted by atomic mass is 32.2. The van der Waals surface area contributed by atoms with Crippen LogP contribution in [0.5, 0.6) is 0 Å². The lowest BCUT2D eigenvalue weighted by molar-refractivity contribution is -0.0912. The molecule has 3 aliphatic rings. The molecular formula is C30H39N5O10S2. The molecular weight excluding hydrogens is 654 g/mol. The Morgan fingerprint density at radius 2 is 1.85 bits per heavy atom. The van der Waals surface area contributed by atoms with Crippen LogP contribution in [0.25, 0.3) is 11.0 Å². The van der Waals surface area contributed by atoms with Gasteiger partial charge in [0.1, 0.15) is 18.4 Å². The lowest BCUT2D eigenvalue weighted by Crippen LogP contribution is -2.57. The second-order valence-electron chi connectivity index (χ2n) is 12.1. The van der Waals surface area contributed by atoms with Gasteiger partial charge in [-0.15, -0.1) is 0 Å². The summed E-state index contributed by atoms with van der Waals surface area (Å²) in [5.74, 6) is -0.154. The number of amides is 1. The van der Waals surface area contributed by atoms with Crippen LogP contribution in [-0.2, 0) is 45.4 Å². The van der Waals surface area contributed by atoms with Gasteiger partial charge in [0.05, 0.1) is 53.5 Å². The van der Waals surface area contributed by atoms with E-state index in [0.29, 0.717) is 31.4 Å². The third-order valence-corrected chi connectivity index (χ3v) is 10.5. The van der Waals surface area contributed by atoms with Crippen LogP contribution in [0.4, 0.5) is 10.7 Å². The molecule has 1 amide bonds. The Kier molecular flexibility index (Phi) is 10.0. The molecule has 3 aromatic rings. The predicted octanol–water partition coefficient (Wildman–Crippen LogP) is 1.96. The number of ether oxygens (including phenoxy) is 4. The van der Waals surface area contributed by atoms with Gasteiger partial charge >= 0.3 is 6.09 Å². The average Bonchev–Trinajstić information content (AvgIpc) is 3.82. The van der Waals surface area contributed by atoms with E-state index in [-0.39, 0.29) is 41.4 Å². The Balaban J connectivity index is 1.24. The maximum atomic E-state index is 13.8. The van der Waals surface area contributed by atoms with E-state index in [1.165, 1.54) is 18.2 Å². The van der Waals surface area contributed by atoms with Crippen molar-refractivity contribution < 1.29 is 45.7 Å². The van der Waals surface area contributed by atoms with Gasteiger partial charge in [-0.05, 0) is 49.4 Å². The normalized spacial score (nSPS) is 23.7. The van der Waals surface area contributed by atoms with Crippen molar-refractivity contribution >= 4 is 43.1 Å². The van der Waals surface area contributed by atoms with Crippen molar-refractivity contribution in [3.63, 3.8) is 0 Å². The first-order valence-corrected chi connectivity index (χ1v) is 18.9. The van der Waals surface area contributed by atoms with Crippen LogP contribution in [0.2, 0.25) is 0 Å². The van der Waals surface area contributed by atoms with Gasteiger partial charge in [-0.3, -0.25) is 4.72 Å². The number of carbonyl (C=O) groups is 1. The van der Waals surface area contributed by atoms with E-state index >= 15 is 0 Å². The standard InChI is InChI=1S/C30H39N5O10S2/c1-46(38,39)35-29-31-22-12-11-20(16-23(22)32-29)47(40,41)34-27(44-19-9-5-6-10-19)26(36)24(15-18-7-3-2-4-8-18)33-30(37)45-25-17-43-28-21(25)13-14-42-28/h2-4,7-8,11-12,16,19,21,24-28,34,36H,5-6,9-10,13-15,17H2,1H3,(H,33,37)(H2,31,32,35)/t21-,24+,25-,26-,27?,28+/m1/s1. The molecule has 0 bridgehead atoms. The summed E-state index contributed by atoms with van der Waals surface area (Å²) in [5.41, 5.74) is 1.39. The van der Waals surface area contributed by atoms with Crippen molar-refractivity contribution in [1.29, 1.82) is 0 Å². The number of nitrogens with zero attached hydrogens (tertiary/aromatic N) is 1. The molecule has 3 fully saturated rings. The molecule has 1 unspecified atom stereocenters. The molecule has 5 N–H and O–H groups in total. The van der Waals surface area contributed by atoms with Gasteiger partial charge < -0.3 is 34.4 Å². The SMILES string of the molecule is CS(=O)(=O)Nc1nc2ccc(S(=O)(=O)NC(OC3CCCC3)[C@H](O)[C@H](Cc3ccccc3)NC(=O)O[C@@H]3CO[C@@H]4OCC[C@@H]43)cc2[nH]1. The number of aliphatic hydroxyl groups is 1. The molecule has 1 aliphatic carbocycles. The molecule has 1 saturated carbocycles. The molecule has 15 nitrogen and oxygen atoms in total. The number of fused-ring (bicyclic) bond motifs is 2. The molecule has 17 heteroatoms. The number of benzene rings is 2. The highest BCUT2D eigenvalue weighted by Gasteiger charge is 2.44. The summed E-state index contributed by atoms with van der Waals surface area (Å²) in [7, 11) is -7.94. The van der Waals surface area contributed by atoms with Gasteiger partial charge in [0.15, 0.2) is 6.29 Å². The van der Waals surface area contributed by atoms with E-state index in [1.54, 1.807) is 0 Å². The van der Waals surface area contributed by atoms with Crippen molar-refractivity contribution in [3.05, 3.63) is 54.1 Å². The number of alkyl carbamates (subject to hydrolysis) is 1. The number of aliphatic hydroxyl groups excluding tert-OH is 1. The van der Waals surface area contributed by atoms with Gasteiger partial charge in [0.25, 0.3) is 0 Å². The average molecular weight is 694 g/mol. The van der Waals surface area contributed by atoms with E-state index in [9.17, 15) is 26.7 Å². The first-order valence-electron chi connectivity index (χ1n) is 15.5. The van der Waals surface area contributed by atoms with E-state index in [0.717, 1.165) is 24.7 Å². The number of nitrogens with one attached hydrogen (secondary N) is 4. The number of sulfonamides is 2. The molecule has 47 heavy (non-hydrogen) atoms. The second-order valence-corrected chi connectivity index (χ2v) is 15.6. The molecule has 2 saturated heterocycles. The molecule has 2 aromatic carbocycles. The smallest absolute Gasteiger partial charge is 0.407 e. The van der Waals surface area contributed by atoms with Crippen LogP contribution >= 0.6 is 0 Å². The molecule has 256 valence electrons. The van der Waals surface area contributed by atoms with E-state index < -0.39 is 56.9 Å². The molecule has 0 radical (unpaired) electrons. The fourth-order valence-electron chi connectivity index (χ4n) is 6.22. The van der Waals surface area contributed by atoms with Gasteiger partial charge in [0.2, 0.25) is 26.0 Å². The van der Waals surface area contributed by atoms with Crippen molar-refractivity contribution in [1.82, 2.24) is 20.0 Å². The molecule has 3 heterocycles. The molecule has 6 rings (SSSR count). The number of H-pyrrole nitrogens is 1. The summed E-state index contributed by atoms with van der Waals surface area (Å²) >= 11 is 0. The summed E-state index contributed by atoms with van der Waals surface area (Å²) in [6.07, 6.45) is -0.0337. The van der Waals surface area contributed by atoms with Crippen LogP contribution in [0, 0.1) is 5.92 Å². The first kappa shape index (κ1) is 33.6. The van der Waals surface area contributed by atoms with Crippen molar-refractivity contribution in [2.24, 2.45) is 5.92 Å². The third kappa shape index (κ3) is 8.40.